The fraction of sp³-hybridized carbons (Fsp3) is 0.947. The van der Waals surface area contributed by atoms with Crippen LogP contribution in [-0.4, -0.2) is 37.9 Å². The van der Waals surface area contributed by atoms with Gasteiger partial charge >= 0.3 is 41.5 Å². The molecule has 48 heavy (non-hydrogen) atoms. The average Bonchev–Trinajstić information content (AvgIpc) is 3.05. The molecule has 0 spiro atoms. The van der Waals surface area contributed by atoms with Gasteiger partial charge in [0.25, 0.3) is 7.82 Å². The third kappa shape index (κ3) is 37.3. The van der Waals surface area contributed by atoms with Gasteiger partial charge < -0.3 is 23.4 Å². The SMILES string of the molecule is CCCCCCCCCCCCCCCC(=O)OCC(COP(=O)([O-])OCCC)OC(=O)CCCCCCCCCCCCCCC.[Na+]. The van der Waals surface area contributed by atoms with Gasteiger partial charge in [-0.2, -0.15) is 0 Å². The Kier molecular flexibility index (Phi) is 40.0. The van der Waals surface area contributed by atoms with E-state index in [9.17, 15) is 19.0 Å². The van der Waals surface area contributed by atoms with Crippen LogP contribution >= 0.6 is 7.82 Å². The van der Waals surface area contributed by atoms with Gasteiger partial charge in [0, 0.05) is 12.8 Å². The molecule has 0 bridgehead atoms. The minimum atomic E-state index is -4.53. The maximum absolute atomic E-state index is 12.5. The molecule has 0 radical (unpaired) electrons. The van der Waals surface area contributed by atoms with Gasteiger partial charge in [-0.15, -0.1) is 0 Å². The van der Waals surface area contributed by atoms with E-state index in [0.29, 0.717) is 12.8 Å². The van der Waals surface area contributed by atoms with E-state index in [1.165, 1.54) is 128 Å². The zero-order valence-corrected chi connectivity index (χ0v) is 34.8. The Labute approximate surface area is 318 Å². The van der Waals surface area contributed by atoms with Crippen LogP contribution in [0, 0.1) is 0 Å². The quantitative estimate of drug-likeness (QED) is 0.0274. The monoisotopic (exact) mass is 713 g/mol. The van der Waals surface area contributed by atoms with Crippen LogP contribution < -0.4 is 34.5 Å². The predicted molar refractivity (Wildman–Crippen MR) is 191 cm³/mol. The minimum absolute atomic E-state index is 0. The molecule has 0 amide bonds. The van der Waals surface area contributed by atoms with Gasteiger partial charge in [0.2, 0.25) is 0 Å². The van der Waals surface area contributed by atoms with E-state index in [4.69, 9.17) is 18.5 Å². The topological polar surface area (TPSA) is 111 Å². The number of carbonyl (C=O) groups excluding carboxylic acids is 2. The van der Waals surface area contributed by atoms with Crippen molar-refractivity contribution >= 4 is 19.8 Å². The van der Waals surface area contributed by atoms with Crippen LogP contribution in [0.15, 0.2) is 0 Å². The second kappa shape index (κ2) is 38.3. The number of carbonyl (C=O) groups is 2. The summed E-state index contributed by atoms with van der Waals surface area (Å²) in [6, 6.07) is 0. The molecule has 0 heterocycles. The van der Waals surface area contributed by atoms with Crippen molar-refractivity contribution in [2.75, 3.05) is 19.8 Å². The molecule has 0 aliphatic carbocycles. The van der Waals surface area contributed by atoms with Gasteiger partial charge in [-0.25, -0.2) is 0 Å². The fourth-order valence-corrected chi connectivity index (χ4v) is 6.44. The summed E-state index contributed by atoms with van der Waals surface area (Å²) in [6.45, 7) is 5.61. The summed E-state index contributed by atoms with van der Waals surface area (Å²) in [5.74, 6) is -0.817. The summed E-state index contributed by atoms with van der Waals surface area (Å²) in [5.41, 5.74) is 0. The number of rotatable bonds is 37. The van der Waals surface area contributed by atoms with Crippen LogP contribution in [0.3, 0.4) is 0 Å². The van der Waals surface area contributed by atoms with E-state index in [0.717, 1.165) is 32.1 Å². The Morgan fingerprint density at radius 1 is 0.500 bits per heavy atom. The van der Waals surface area contributed by atoms with Crippen molar-refractivity contribution in [1.82, 2.24) is 0 Å². The molecule has 280 valence electrons. The molecular weight excluding hydrogens is 638 g/mol. The van der Waals surface area contributed by atoms with Crippen LogP contribution in [0.1, 0.15) is 207 Å². The molecule has 0 saturated carbocycles. The zero-order valence-electron chi connectivity index (χ0n) is 31.9. The van der Waals surface area contributed by atoms with Gasteiger partial charge in [0.05, 0.1) is 13.2 Å². The van der Waals surface area contributed by atoms with Crippen LogP contribution in [0.25, 0.3) is 0 Å². The minimum Gasteiger partial charge on any atom is -0.756 e. The molecule has 2 atom stereocenters. The molecule has 0 fully saturated rings. The maximum Gasteiger partial charge on any atom is 1.00 e. The van der Waals surface area contributed by atoms with Crippen molar-refractivity contribution in [2.45, 2.75) is 213 Å². The summed E-state index contributed by atoms with van der Waals surface area (Å²) < 4.78 is 32.5. The molecule has 0 saturated heterocycles. The predicted octanol–water partition coefficient (Wildman–Crippen LogP) is 8.32. The Balaban J connectivity index is 0. The van der Waals surface area contributed by atoms with Crippen LogP contribution in [-0.2, 0) is 32.7 Å². The number of ether oxygens (including phenoxy) is 2. The first-order valence-corrected chi connectivity index (χ1v) is 21.3. The smallest absolute Gasteiger partial charge is 0.756 e. The maximum atomic E-state index is 12.5. The van der Waals surface area contributed by atoms with E-state index in [1.54, 1.807) is 6.92 Å². The van der Waals surface area contributed by atoms with Crippen LogP contribution in [0.4, 0.5) is 0 Å². The molecule has 0 N–H and O–H groups in total. The standard InChI is InChI=1S/C38H75O8P.Na/c1-4-7-9-11-13-15-17-19-21-23-25-27-29-31-37(39)43-34-36(35-45-47(41,42)44-33-6-3)46-38(40)32-30-28-26-24-22-20-18-16-14-12-10-8-5-2;/h36H,4-35H2,1-3H3,(H,41,42);/q;+1/p-1. The average molecular weight is 713 g/mol. The van der Waals surface area contributed by atoms with Crippen molar-refractivity contribution in [2.24, 2.45) is 0 Å². The number of esters is 2. The Morgan fingerprint density at radius 3 is 1.23 bits per heavy atom. The third-order valence-corrected chi connectivity index (χ3v) is 9.53. The summed E-state index contributed by atoms with van der Waals surface area (Å²) >= 11 is 0. The van der Waals surface area contributed by atoms with Gasteiger partial charge in [-0.05, 0) is 19.3 Å². The molecule has 10 heteroatoms. The van der Waals surface area contributed by atoms with Crippen molar-refractivity contribution in [3.63, 3.8) is 0 Å². The first-order valence-electron chi connectivity index (χ1n) is 19.8. The molecule has 0 aliphatic heterocycles. The molecule has 2 unspecified atom stereocenters. The van der Waals surface area contributed by atoms with E-state index in [-0.39, 0.29) is 61.6 Å². The summed E-state index contributed by atoms with van der Waals surface area (Å²) in [6.07, 6.45) is 31.8. The first kappa shape index (κ1) is 50.2. The third-order valence-electron chi connectivity index (χ3n) is 8.57. The molecule has 8 nitrogen and oxygen atoms in total. The summed E-state index contributed by atoms with van der Waals surface area (Å²) in [5, 5.41) is 0. The van der Waals surface area contributed by atoms with E-state index in [2.05, 4.69) is 13.8 Å². The molecule has 0 rings (SSSR count). The largest absolute Gasteiger partial charge is 1.00 e. The van der Waals surface area contributed by atoms with Gasteiger partial charge in [-0.1, -0.05) is 175 Å². The Bertz CT molecular complexity index is 754. The number of phosphoric ester groups is 1. The second-order valence-electron chi connectivity index (χ2n) is 13.4. The fourth-order valence-electron chi connectivity index (χ4n) is 5.61. The van der Waals surface area contributed by atoms with E-state index >= 15 is 0 Å². The van der Waals surface area contributed by atoms with Gasteiger partial charge in [-0.3, -0.25) is 14.2 Å². The van der Waals surface area contributed by atoms with Crippen molar-refractivity contribution in [3.8, 4) is 0 Å². The summed E-state index contributed by atoms with van der Waals surface area (Å²) in [7, 11) is -4.53. The normalized spacial score (nSPS) is 13.1. The van der Waals surface area contributed by atoms with E-state index in [1.807, 2.05) is 0 Å². The summed E-state index contributed by atoms with van der Waals surface area (Å²) in [4.78, 5) is 36.9. The van der Waals surface area contributed by atoms with Crippen LogP contribution in [0.2, 0.25) is 0 Å². The van der Waals surface area contributed by atoms with Crippen molar-refractivity contribution < 1.29 is 67.1 Å². The number of hydrogen-bond acceptors (Lipinski definition) is 8. The molecule has 0 aliphatic rings. The Hall–Kier alpha value is 0.0500. The van der Waals surface area contributed by atoms with Gasteiger partial charge in [0.15, 0.2) is 6.10 Å². The van der Waals surface area contributed by atoms with Crippen LogP contribution in [0.5, 0.6) is 0 Å². The number of phosphoric acid groups is 1. The first-order chi connectivity index (χ1) is 22.8. The zero-order chi connectivity index (χ0) is 34.7. The molecule has 0 aromatic rings. The van der Waals surface area contributed by atoms with Gasteiger partial charge in [0.1, 0.15) is 6.61 Å². The molecular formula is C38H74NaO8P. The number of hydrogen-bond donors (Lipinski definition) is 0. The molecule has 0 aromatic heterocycles. The molecule has 0 aromatic carbocycles. The Morgan fingerprint density at radius 2 is 0.854 bits per heavy atom. The van der Waals surface area contributed by atoms with E-state index < -0.39 is 26.5 Å². The van der Waals surface area contributed by atoms with Crippen molar-refractivity contribution in [1.29, 1.82) is 0 Å². The second-order valence-corrected chi connectivity index (χ2v) is 14.8. The van der Waals surface area contributed by atoms with Crippen molar-refractivity contribution in [3.05, 3.63) is 0 Å². The number of unbranched alkanes of at least 4 members (excludes halogenated alkanes) is 24.